The lowest BCUT2D eigenvalue weighted by Gasteiger charge is -2.34. The number of ketones is 1. The first kappa shape index (κ1) is 19.2. The van der Waals surface area contributed by atoms with Gasteiger partial charge in [-0.15, -0.1) is 0 Å². The Morgan fingerprint density at radius 3 is 2.48 bits per heavy atom. The van der Waals surface area contributed by atoms with Crippen LogP contribution in [0.15, 0.2) is 34.7 Å². The summed E-state index contributed by atoms with van der Waals surface area (Å²) in [7, 11) is 0. The highest BCUT2D eigenvalue weighted by molar-refractivity contribution is 6.14. The van der Waals surface area contributed by atoms with E-state index in [1.165, 1.54) is 0 Å². The van der Waals surface area contributed by atoms with Crippen molar-refractivity contribution in [1.29, 1.82) is 0 Å². The van der Waals surface area contributed by atoms with Crippen LogP contribution in [-0.2, 0) is 0 Å². The molecule has 0 saturated carbocycles. The quantitative estimate of drug-likeness (QED) is 0.618. The van der Waals surface area contributed by atoms with Crippen molar-refractivity contribution in [3.8, 4) is 5.75 Å². The maximum atomic E-state index is 12.9. The number of amides is 1. The number of hydrogen-bond donors (Lipinski definition) is 1. The lowest BCUT2D eigenvalue weighted by molar-refractivity contribution is 0.0503. The van der Waals surface area contributed by atoms with E-state index in [4.69, 9.17) is 9.15 Å². The SMILES string of the molecule is CC[C@]1(C)CC(=O)c2c(ccc3oc(C(=O)Nc4cc(C)cc(C)c4)c(C)c23)O1. The van der Waals surface area contributed by atoms with Crippen LogP contribution in [0, 0.1) is 20.8 Å². The molecular formula is C24H25NO4. The van der Waals surface area contributed by atoms with Gasteiger partial charge in [0.25, 0.3) is 5.91 Å². The summed E-state index contributed by atoms with van der Waals surface area (Å²) in [5, 5.41) is 3.57. The predicted octanol–water partition coefficient (Wildman–Crippen LogP) is 5.74. The van der Waals surface area contributed by atoms with Crippen LogP contribution in [0.2, 0.25) is 0 Å². The number of furan rings is 1. The van der Waals surface area contributed by atoms with Crippen molar-refractivity contribution in [3.05, 3.63) is 58.3 Å². The summed E-state index contributed by atoms with van der Waals surface area (Å²) in [5.74, 6) is 0.457. The van der Waals surface area contributed by atoms with Crippen molar-refractivity contribution in [1.82, 2.24) is 0 Å². The second-order valence-corrected chi connectivity index (χ2v) is 8.20. The lowest BCUT2D eigenvalue weighted by atomic mass is 9.87. The third kappa shape index (κ3) is 3.31. The molecule has 1 N–H and O–H groups in total. The van der Waals surface area contributed by atoms with Crippen molar-refractivity contribution in [2.24, 2.45) is 0 Å². The molecule has 1 atom stereocenters. The number of anilines is 1. The molecule has 0 fully saturated rings. The van der Waals surface area contributed by atoms with Crippen LogP contribution in [0.4, 0.5) is 5.69 Å². The Bertz CT molecular complexity index is 1140. The summed E-state index contributed by atoms with van der Waals surface area (Å²) < 4.78 is 12.0. The van der Waals surface area contributed by atoms with Gasteiger partial charge in [0.1, 0.15) is 16.9 Å². The molecule has 5 heteroatoms. The highest BCUT2D eigenvalue weighted by atomic mass is 16.5. The molecule has 150 valence electrons. The normalized spacial score (nSPS) is 18.4. The number of carbonyl (C=O) groups excluding carboxylic acids is 2. The number of carbonyl (C=O) groups is 2. The van der Waals surface area contributed by atoms with Gasteiger partial charge in [-0.3, -0.25) is 9.59 Å². The maximum absolute atomic E-state index is 12.9. The minimum absolute atomic E-state index is 0.0198. The highest BCUT2D eigenvalue weighted by Gasteiger charge is 2.37. The van der Waals surface area contributed by atoms with Crippen molar-refractivity contribution in [2.45, 2.75) is 53.1 Å². The number of aryl methyl sites for hydroxylation is 3. The molecule has 4 rings (SSSR count). The Kier molecular flexibility index (Phi) is 4.49. The molecule has 1 aliphatic rings. The zero-order chi connectivity index (χ0) is 20.9. The standard InChI is InChI=1S/C24H25NO4/c1-6-24(5)12-17(26)21-19(29-24)8-7-18-20(21)15(4)22(28-18)23(27)25-16-10-13(2)9-14(3)11-16/h7-11H,6,12H2,1-5H3,(H,25,27)/t24-/m1/s1. The van der Waals surface area contributed by atoms with Gasteiger partial charge in [0, 0.05) is 16.6 Å². The van der Waals surface area contributed by atoms with E-state index in [1.54, 1.807) is 12.1 Å². The average Bonchev–Trinajstić information content (AvgIpc) is 2.97. The summed E-state index contributed by atoms with van der Waals surface area (Å²) in [6.07, 6.45) is 1.05. The summed E-state index contributed by atoms with van der Waals surface area (Å²) in [6.45, 7) is 9.73. The topological polar surface area (TPSA) is 68.5 Å². The second-order valence-electron chi connectivity index (χ2n) is 8.20. The number of benzene rings is 2. The van der Waals surface area contributed by atoms with Crippen molar-refractivity contribution >= 4 is 28.3 Å². The number of Topliss-reactive ketones (excluding diaryl/α,β-unsaturated/α-hetero) is 1. The van der Waals surface area contributed by atoms with Gasteiger partial charge in [0.15, 0.2) is 11.5 Å². The van der Waals surface area contributed by atoms with Crippen LogP contribution in [0.25, 0.3) is 11.0 Å². The van der Waals surface area contributed by atoms with E-state index >= 15 is 0 Å². The van der Waals surface area contributed by atoms with Crippen LogP contribution in [0.5, 0.6) is 5.75 Å². The van der Waals surface area contributed by atoms with Crippen molar-refractivity contribution < 1.29 is 18.7 Å². The van der Waals surface area contributed by atoms with E-state index in [0.717, 1.165) is 17.5 Å². The summed E-state index contributed by atoms with van der Waals surface area (Å²) in [6, 6.07) is 9.39. The molecule has 1 amide bonds. The average molecular weight is 391 g/mol. The minimum Gasteiger partial charge on any atom is -0.486 e. The minimum atomic E-state index is -0.501. The van der Waals surface area contributed by atoms with Crippen LogP contribution in [-0.4, -0.2) is 17.3 Å². The highest BCUT2D eigenvalue weighted by Crippen LogP contribution is 2.41. The van der Waals surface area contributed by atoms with E-state index in [0.29, 0.717) is 40.0 Å². The van der Waals surface area contributed by atoms with E-state index in [-0.39, 0.29) is 17.5 Å². The Morgan fingerprint density at radius 1 is 1.14 bits per heavy atom. The van der Waals surface area contributed by atoms with E-state index in [1.807, 2.05) is 52.8 Å². The van der Waals surface area contributed by atoms with Gasteiger partial charge < -0.3 is 14.5 Å². The Labute approximate surface area is 170 Å². The summed E-state index contributed by atoms with van der Waals surface area (Å²) in [4.78, 5) is 25.9. The lowest BCUT2D eigenvalue weighted by Crippen LogP contribution is -2.38. The van der Waals surface area contributed by atoms with E-state index in [2.05, 4.69) is 5.32 Å². The molecule has 0 radical (unpaired) electrons. The number of ether oxygens (including phenoxy) is 1. The predicted molar refractivity (Wildman–Crippen MR) is 113 cm³/mol. The zero-order valence-electron chi connectivity index (χ0n) is 17.4. The first-order chi connectivity index (χ1) is 13.7. The molecule has 0 unspecified atom stereocenters. The third-order valence-electron chi connectivity index (χ3n) is 5.66. The molecule has 29 heavy (non-hydrogen) atoms. The van der Waals surface area contributed by atoms with Gasteiger partial charge in [0.05, 0.1) is 12.0 Å². The Balaban J connectivity index is 1.76. The van der Waals surface area contributed by atoms with E-state index in [9.17, 15) is 9.59 Å². The first-order valence-corrected chi connectivity index (χ1v) is 9.89. The summed E-state index contributed by atoms with van der Waals surface area (Å²) in [5.41, 5.74) is 4.03. The third-order valence-corrected chi connectivity index (χ3v) is 5.66. The molecule has 0 spiro atoms. The number of hydrogen-bond acceptors (Lipinski definition) is 4. The van der Waals surface area contributed by atoms with Gasteiger partial charge in [-0.05, 0) is 69.5 Å². The van der Waals surface area contributed by atoms with Gasteiger partial charge in [0.2, 0.25) is 0 Å². The monoisotopic (exact) mass is 391 g/mol. The fourth-order valence-electron chi connectivity index (χ4n) is 4.06. The molecular weight excluding hydrogens is 366 g/mol. The van der Waals surface area contributed by atoms with Crippen molar-refractivity contribution in [2.75, 3.05) is 5.32 Å². The molecule has 5 nitrogen and oxygen atoms in total. The Morgan fingerprint density at radius 2 is 1.83 bits per heavy atom. The molecule has 3 aromatic rings. The summed E-state index contributed by atoms with van der Waals surface area (Å²) >= 11 is 0. The Hall–Kier alpha value is -3.08. The molecule has 0 aliphatic carbocycles. The molecule has 1 aliphatic heterocycles. The number of nitrogens with one attached hydrogen (secondary N) is 1. The largest absolute Gasteiger partial charge is 0.486 e. The zero-order valence-corrected chi connectivity index (χ0v) is 17.4. The van der Waals surface area contributed by atoms with Crippen LogP contribution >= 0.6 is 0 Å². The van der Waals surface area contributed by atoms with E-state index < -0.39 is 5.60 Å². The van der Waals surface area contributed by atoms with Gasteiger partial charge >= 0.3 is 0 Å². The maximum Gasteiger partial charge on any atom is 0.291 e. The second kappa shape index (κ2) is 6.76. The van der Waals surface area contributed by atoms with Gasteiger partial charge in [-0.2, -0.15) is 0 Å². The fourth-order valence-corrected chi connectivity index (χ4v) is 4.06. The van der Waals surface area contributed by atoms with Gasteiger partial charge in [-0.1, -0.05) is 13.0 Å². The fraction of sp³-hybridized carbons (Fsp3) is 0.333. The molecule has 2 aromatic carbocycles. The number of fused-ring (bicyclic) bond motifs is 3. The molecule has 0 saturated heterocycles. The first-order valence-electron chi connectivity index (χ1n) is 9.89. The molecule has 2 heterocycles. The van der Waals surface area contributed by atoms with Crippen LogP contribution in [0.1, 0.15) is 64.3 Å². The molecule has 1 aromatic heterocycles. The molecule has 0 bridgehead atoms. The van der Waals surface area contributed by atoms with Gasteiger partial charge in [-0.25, -0.2) is 0 Å². The van der Waals surface area contributed by atoms with Crippen molar-refractivity contribution in [3.63, 3.8) is 0 Å². The number of rotatable bonds is 3. The van der Waals surface area contributed by atoms with Crippen LogP contribution in [0.3, 0.4) is 0 Å². The van der Waals surface area contributed by atoms with Crippen LogP contribution < -0.4 is 10.1 Å². The smallest absolute Gasteiger partial charge is 0.291 e.